The first-order chi connectivity index (χ1) is 10.7. The maximum atomic E-state index is 11.8. The average molecular weight is 313 g/mol. The Balaban J connectivity index is 2.05. The van der Waals surface area contributed by atoms with Crippen molar-refractivity contribution in [3.63, 3.8) is 0 Å². The van der Waals surface area contributed by atoms with E-state index in [1.54, 1.807) is 37.1 Å². The monoisotopic (exact) mass is 313 g/mol. The second kappa shape index (κ2) is 6.23. The van der Waals surface area contributed by atoms with Gasteiger partial charge in [0.25, 0.3) is 0 Å². The molecule has 1 aromatic carbocycles. The Kier molecular flexibility index (Phi) is 4.15. The molecule has 22 heavy (non-hydrogen) atoms. The zero-order valence-electron chi connectivity index (χ0n) is 12.3. The van der Waals surface area contributed by atoms with E-state index in [1.165, 1.54) is 4.90 Å². The molecular weight excluding hydrogens is 298 g/mol. The zero-order chi connectivity index (χ0) is 15.5. The van der Waals surface area contributed by atoms with Crippen molar-refractivity contribution in [2.75, 3.05) is 12.9 Å². The van der Waals surface area contributed by atoms with Crippen LogP contribution < -0.4 is 0 Å². The van der Waals surface area contributed by atoms with E-state index in [2.05, 4.69) is 4.98 Å². The van der Waals surface area contributed by atoms with Gasteiger partial charge in [-0.1, -0.05) is 12.1 Å². The third-order valence-corrected chi connectivity index (χ3v) is 4.05. The molecule has 0 aliphatic rings. The standard InChI is InChI=1S/C17H15NO3S/c1-3-20-17(19)14-8-9-15-16(18-14)13(10-21-15)11-4-6-12(22-2)7-5-11/h4-10H,3H2,1-2H3. The van der Waals surface area contributed by atoms with Crippen LogP contribution in [0.1, 0.15) is 17.4 Å². The van der Waals surface area contributed by atoms with Crippen LogP contribution in [0.4, 0.5) is 0 Å². The fourth-order valence-electron chi connectivity index (χ4n) is 2.21. The molecule has 112 valence electrons. The van der Waals surface area contributed by atoms with Crippen molar-refractivity contribution in [2.24, 2.45) is 0 Å². The van der Waals surface area contributed by atoms with Gasteiger partial charge in [-0.3, -0.25) is 0 Å². The molecule has 0 bridgehead atoms. The van der Waals surface area contributed by atoms with Gasteiger partial charge in [-0.25, -0.2) is 9.78 Å². The van der Waals surface area contributed by atoms with Gasteiger partial charge in [0.2, 0.25) is 0 Å². The minimum atomic E-state index is -0.422. The van der Waals surface area contributed by atoms with Gasteiger partial charge in [0.05, 0.1) is 6.61 Å². The predicted molar refractivity (Wildman–Crippen MR) is 87.2 cm³/mol. The summed E-state index contributed by atoms with van der Waals surface area (Å²) in [5, 5.41) is 0. The third kappa shape index (κ3) is 2.72. The Hall–Kier alpha value is -2.27. The van der Waals surface area contributed by atoms with Crippen molar-refractivity contribution in [3.05, 3.63) is 48.4 Å². The molecule has 2 aromatic heterocycles. The molecule has 4 nitrogen and oxygen atoms in total. The van der Waals surface area contributed by atoms with E-state index in [0.29, 0.717) is 17.7 Å². The van der Waals surface area contributed by atoms with Crippen LogP contribution in [0.3, 0.4) is 0 Å². The number of rotatable bonds is 4. The molecule has 0 aliphatic heterocycles. The molecule has 0 unspecified atom stereocenters. The maximum Gasteiger partial charge on any atom is 0.356 e. The van der Waals surface area contributed by atoms with Gasteiger partial charge in [0.1, 0.15) is 17.5 Å². The lowest BCUT2D eigenvalue weighted by atomic mass is 10.1. The van der Waals surface area contributed by atoms with Crippen LogP contribution in [-0.4, -0.2) is 23.8 Å². The van der Waals surface area contributed by atoms with Crippen molar-refractivity contribution in [2.45, 2.75) is 11.8 Å². The Morgan fingerprint density at radius 3 is 2.68 bits per heavy atom. The molecule has 0 fully saturated rings. The van der Waals surface area contributed by atoms with E-state index in [0.717, 1.165) is 11.1 Å². The first-order valence-electron chi connectivity index (χ1n) is 6.92. The first-order valence-corrected chi connectivity index (χ1v) is 8.15. The molecule has 0 amide bonds. The van der Waals surface area contributed by atoms with E-state index in [4.69, 9.17) is 9.15 Å². The molecule has 0 saturated heterocycles. The molecule has 0 spiro atoms. The number of carbonyl (C=O) groups excluding carboxylic acids is 1. The highest BCUT2D eigenvalue weighted by molar-refractivity contribution is 7.98. The van der Waals surface area contributed by atoms with E-state index in [1.807, 2.05) is 30.5 Å². The van der Waals surface area contributed by atoms with Crippen molar-refractivity contribution in [1.82, 2.24) is 4.98 Å². The summed E-state index contributed by atoms with van der Waals surface area (Å²) in [4.78, 5) is 17.4. The van der Waals surface area contributed by atoms with Crippen molar-refractivity contribution < 1.29 is 13.9 Å². The highest BCUT2D eigenvalue weighted by atomic mass is 32.2. The van der Waals surface area contributed by atoms with Crippen LogP contribution >= 0.6 is 11.8 Å². The van der Waals surface area contributed by atoms with Gasteiger partial charge >= 0.3 is 5.97 Å². The quantitative estimate of drug-likeness (QED) is 0.528. The zero-order valence-corrected chi connectivity index (χ0v) is 13.1. The fraction of sp³-hybridized carbons (Fsp3) is 0.176. The lowest BCUT2D eigenvalue weighted by Gasteiger charge is -2.02. The van der Waals surface area contributed by atoms with E-state index < -0.39 is 5.97 Å². The molecule has 0 saturated carbocycles. The first kappa shape index (κ1) is 14.7. The molecule has 0 N–H and O–H groups in total. The number of pyridine rings is 1. The summed E-state index contributed by atoms with van der Waals surface area (Å²) in [7, 11) is 0. The molecule has 0 aliphatic carbocycles. The van der Waals surface area contributed by atoms with Gasteiger partial charge in [-0.05, 0) is 43.0 Å². The molecule has 0 atom stereocenters. The van der Waals surface area contributed by atoms with E-state index in [9.17, 15) is 4.79 Å². The topological polar surface area (TPSA) is 52.3 Å². The van der Waals surface area contributed by atoms with Gasteiger partial charge in [0.15, 0.2) is 5.58 Å². The van der Waals surface area contributed by atoms with Crippen LogP contribution in [0.15, 0.2) is 52.0 Å². The average Bonchev–Trinajstić information content (AvgIpc) is 2.98. The largest absolute Gasteiger partial charge is 0.462 e. The summed E-state index contributed by atoms with van der Waals surface area (Å²) >= 11 is 1.69. The Morgan fingerprint density at radius 1 is 1.23 bits per heavy atom. The number of esters is 1. The number of ether oxygens (including phenoxy) is 1. The Bertz CT molecular complexity index is 808. The summed E-state index contributed by atoms with van der Waals surface area (Å²) < 4.78 is 10.5. The molecular formula is C17H15NO3S. The predicted octanol–water partition coefficient (Wildman–Crippen LogP) is 4.39. The highest BCUT2D eigenvalue weighted by Gasteiger charge is 2.14. The third-order valence-electron chi connectivity index (χ3n) is 3.30. The summed E-state index contributed by atoms with van der Waals surface area (Å²) in [6.07, 6.45) is 3.70. The number of thioether (sulfide) groups is 1. The molecule has 2 heterocycles. The van der Waals surface area contributed by atoms with Crippen LogP contribution in [0, 0.1) is 0 Å². The number of nitrogens with zero attached hydrogens (tertiary/aromatic N) is 1. The molecule has 0 radical (unpaired) electrons. The SMILES string of the molecule is CCOC(=O)c1ccc2occ(-c3ccc(SC)cc3)c2n1. The lowest BCUT2D eigenvalue weighted by Crippen LogP contribution is -2.06. The number of aromatic nitrogens is 1. The minimum absolute atomic E-state index is 0.290. The van der Waals surface area contributed by atoms with E-state index >= 15 is 0 Å². The smallest absolute Gasteiger partial charge is 0.356 e. The minimum Gasteiger partial charge on any atom is -0.462 e. The highest BCUT2D eigenvalue weighted by Crippen LogP contribution is 2.30. The van der Waals surface area contributed by atoms with Crippen LogP contribution in [0.2, 0.25) is 0 Å². The summed E-state index contributed by atoms with van der Waals surface area (Å²) in [5.41, 5.74) is 3.48. The number of hydrogen-bond donors (Lipinski definition) is 0. The number of benzene rings is 1. The summed E-state index contributed by atoms with van der Waals surface area (Å²) in [6.45, 7) is 2.10. The molecule has 3 rings (SSSR count). The number of carbonyl (C=O) groups is 1. The molecule has 5 heteroatoms. The fourth-order valence-corrected chi connectivity index (χ4v) is 2.61. The van der Waals surface area contributed by atoms with E-state index in [-0.39, 0.29) is 5.69 Å². The van der Waals surface area contributed by atoms with Gasteiger partial charge in [-0.2, -0.15) is 0 Å². The van der Waals surface area contributed by atoms with Crippen LogP contribution in [0.5, 0.6) is 0 Å². The van der Waals surface area contributed by atoms with Gasteiger partial charge in [-0.15, -0.1) is 11.8 Å². The number of furan rings is 1. The van der Waals surface area contributed by atoms with Crippen molar-refractivity contribution in [3.8, 4) is 11.1 Å². The Morgan fingerprint density at radius 2 is 2.00 bits per heavy atom. The maximum absolute atomic E-state index is 11.8. The summed E-state index contributed by atoms with van der Waals surface area (Å²) in [6, 6.07) is 11.5. The lowest BCUT2D eigenvalue weighted by molar-refractivity contribution is 0.0520. The van der Waals surface area contributed by atoms with Crippen LogP contribution in [0.25, 0.3) is 22.2 Å². The second-order valence-electron chi connectivity index (χ2n) is 4.64. The normalized spacial score (nSPS) is 10.8. The van der Waals surface area contributed by atoms with Crippen molar-refractivity contribution >= 4 is 28.8 Å². The van der Waals surface area contributed by atoms with Crippen LogP contribution in [-0.2, 0) is 4.74 Å². The van der Waals surface area contributed by atoms with Gasteiger partial charge in [0, 0.05) is 10.5 Å². The Labute approximate surface area is 132 Å². The van der Waals surface area contributed by atoms with Crippen molar-refractivity contribution in [1.29, 1.82) is 0 Å². The summed E-state index contributed by atoms with van der Waals surface area (Å²) in [5.74, 6) is -0.422. The number of fused-ring (bicyclic) bond motifs is 1. The van der Waals surface area contributed by atoms with Gasteiger partial charge < -0.3 is 9.15 Å². The molecule has 3 aromatic rings. The second-order valence-corrected chi connectivity index (χ2v) is 5.52. The number of hydrogen-bond acceptors (Lipinski definition) is 5.